The Kier molecular flexibility index (Phi) is 3.22. The van der Waals surface area contributed by atoms with E-state index in [-0.39, 0.29) is 5.69 Å². The molecule has 17 heavy (non-hydrogen) atoms. The Morgan fingerprint density at radius 1 is 1.47 bits per heavy atom. The molecule has 0 fully saturated rings. The highest BCUT2D eigenvalue weighted by molar-refractivity contribution is 5.44. The fourth-order valence-electron chi connectivity index (χ4n) is 1.55. The van der Waals surface area contributed by atoms with Gasteiger partial charge < -0.3 is 20.6 Å². The Labute approximate surface area is 97.5 Å². The lowest BCUT2D eigenvalue weighted by Gasteiger charge is -2.28. The molecular formula is C9H15N5O3. The molecule has 0 unspecified atom stereocenters. The minimum Gasteiger partial charge on any atom is -0.390 e. The second-order valence-corrected chi connectivity index (χ2v) is 3.91. The van der Waals surface area contributed by atoms with E-state index >= 15 is 0 Å². The Morgan fingerprint density at radius 3 is 2.82 bits per heavy atom. The lowest BCUT2D eigenvalue weighted by Crippen LogP contribution is -2.50. The van der Waals surface area contributed by atoms with Crippen molar-refractivity contribution in [2.24, 2.45) is 5.73 Å². The van der Waals surface area contributed by atoms with Crippen molar-refractivity contribution in [2.75, 3.05) is 5.32 Å². The minimum absolute atomic E-state index is 0.215. The molecule has 2 rings (SSSR count). The molecule has 0 bridgehead atoms. The zero-order chi connectivity index (χ0) is 12.6. The summed E-state index contributed by atoms with van der Waals surface area (Å²) in [6.45, 7) is 1.45. The molecule has 8 heteroatoms. The van der Waals surface area contributed by atoms with Gasteiger partial charge in [0.05, 0.1) is 18.0 Å². The lowest BCUT2D eigenvalue weighted by atomic mass is 10.1. The van der Waals surface area contributed by atoms with Gasteiger partial charge in [-0.05, 0) is 6.92 Å². The number of aliphatic hydroxyl groups is 3. The number of fused-ring (bicyclic) bond motifs is 1. The van der Waals surface area contributed by atoms with E-state index in [9.17, 15) is 15.3 Å². The number of nitrogens with two attached hydrogens (primary N) is 1. The molecule has 0 aliphatic carbocycles. The van der Waals surface area contributed by atoms with Crippen LogP contribution >= 0.6 is 0 Å². The number of aromatic nitrogens is 2. The highest BCUT2D eigenvalue weighted by atomic mass is 16.3. The highest BCUT2D eigenvalue weighted by Gasteiger charge is 2.26. The summed E-state index contributed by atoms with van der Waals surface area (Å²) in [7, 11) is 0. The predicted octanol–water partition coefficient (Wildman–Crippen LogP) is -1.86. The smallest absolute Gasteiger partial charge is 0.154 e. The van der Waals surface area contributed by atoms with Gasteiger partial charge in [0, 0.05) is 0 Å². The molecule has 0 saturated carbocycles. The van der Waals surface area contributed by atoms with Gasteiger partial charge in [-0.25, -0.2) is 4.98 Å². The molecule has 0 saturated heterocycles. The van der Waals surface area contributed by atoms with Crippen LogP contribution in [-0.2, 0) is 0 Å². The predicted molar refractivity (Wildman–Crippen MR) is 58.4 cm³/mol. The first-order valence-electron chi connectivity index (χ1n) is 5.18. The van der Waals surface area contributed by atoms with Crippen LogP contribution in [-0.4, -0.2) is 37.7 Å². The quantitative estimate of drug-likeness (QED) is 0.354. The number of hydrogen-bond donors (Lipinski definition) is 6. The first kappa shape index (κ1) is 12.1. The van der Waals surface area contributed by atoms with E-state index in [2.05, 4.69) is 20.6 Å². The zero-order valence-corrected chi connectivity index (χ0v) is 9.20. The summed E-state index contributed by atoms with van der Waals surface area (Å²) in [5, 5.41) is 33.9. The molecule has 1 aliphatic heterocycles. The molecule has 94 valence electrons. The van der Waals surface area contributed by atoms with Gasteiger partial charge in [-0.15, -0.1) is 0 Å². The molecule has 8 nitrogen and oxygen atoms in total. The van der Waals surface area contributed by atoms with Gasteiger partial charge >= 0.3 is 0 Å². The number of nitrogens with zero attached hydrogens (tertiary/aromatic N) is 2. The molecule has 1 aromatic rings. The van der Waals surface area contributed by atoms with Crippen LogP contribution in [0.5, 0.6) is 0 Å². The second-order valence-electron chi connectivity index (χ2n) is 3.91. The average molecular weight is 241 g/mol. The van der Waals surface area contributed by atoms with E-state index in [4.69, 9.17) is 5.73 Å². The van der Waals surface area contributed by atoms with Crippen LogP contribution < -0.4 is 16.4 Å². The minimum atomic E-state index is -1.13. The van der Waals surface area contributed by atoms with Crippen molar-refractivity contribution in [1.82, 2.24) is 15.3 Å². The third-order valence-electron chi connectivity index (χ3n) is 2.47. The molecule has 2 heterocycles. The van der Waals surface area contributed by atoms with Gasteiger partial charge in [0.25, 0.3) is 0 Å². The maximum absolute atomic E-state index is 9.64. The summed E-state index contributed by atoms with van der Waals surface area (Å²) in [4.78, 5) is 8.05. The number of aliphatic hydroxyl groups excluding tert-OH is 3. The lowest BCUT2D eigenvalue weighted by molar-refractivity contribution is 0.0274. The number of hydrogen-bond acceptors (Lipinski definition) is 8. The molecular weight excluding hydrogens is 226 g/mol. The fraction of sp³-hybridized carbons (Fsp3) is 0.556. The summed E-state index contributed by atoms with van der Waals surface area (Å²) in [6.07, 6.45) is -2.43. The van der Waals surface area contributed by atoms with Crippen molar-refractivity contribution in [1.29, 1.82) is 0 Å². The zero-order valence-electron chi connectivity index (χ0n) is 9.20. The standard InChI is InChI=1S/C9H15N5O3/c1-3(15)6(16)4-2-11-5-7(12-4)13-9(10)14-8(5)17/h2-3,6,8-9,14-17H,10H2,1H3,(H,12,13)/t3-,6-,8+,9-/m0/s1. The molecule has 7 N–H and O–H groups in total. The van der Waals surface area contributed by atoms with Crippen molar-refractivity contribution >= 4 is 5.82 Å². The van der Waals surface area contributed by atoms with Gasteiger partial charge in [0.1, 0.15) is 18.1 Å². The van der Waals surface area contributed by atoms with Crippen molar-refractivity contribution in [3.63, 3.8) is 0 Å². The van der Waals surface area contributed by atoms with Crippen LogP contribution in [0.15, 0.2) is 6.20 Å². The monoisotopic (exact) mass is 241 g/mol. The Hall–Kier alpha value is -1.32. The van der Waals surface area contributed by atoms with Gasteiger partial charge in [0.15, 0.2) is 12.0 Å². The van der Waals surface area contributed by atoms with E-state index < -0.39 is 24.7 Å². The van der Waals surface area contributed by atoms with Crippen molar-refractivity contribution in [2.45, 2.75) is 31.6 Å². The molecule has 0 amide bonds. The fourth-order valence-corrected chi connectivity index (χ4v) is 1.55. The van der Waals surface area contributed by atoms with Crippen molar-refractivity contribution in [3.05, 3.63) is 17.6 Å². The molecule has 1 aliphatic rings. The van der Waals surface area contributed by atoms with E-state index in [0.29, 0.717) is 11.5 Å². The van der Waals surface area contributed by atoms with Gasteiger partial charge in [-0.2, -0.15) is 0 Å². The summed E-state index contributed by atoms with van der Waals surface area (Å²) >= 11 is 0. The molecule has 1 aromatic heterocycles. The first-order valence-corrected chi connectivity index (χ1v) is 5.18. The van der Waals surface area contributed by atoms with E-state index in [0.717, 1.165) is 0 Å². The van der Waals surface area contributed by atoms with Crippen LogP contribution in [0, 0.1) is 0 Å². The molecule has 4 atom stereocenters. The van der Waals surface area contributed by atoms with Crippen LogP contribution in [0.3, 0.4) is 0 Å². The number of nitrogens with one attached hydrogen (secondary N) is 2. The Morgan fingerprint density at radius 2 is 2.18 bits per heavy atom. The largest absolute Gasteiger partial charge is 0.390 e. The third kappa shape index (κ3) is 2.35. The summed E-state index contributed by atoms with van der Waals surface area (Å²) in [5.41, 5.74) is 6.08. The molecule has 0 aromatic carbocycles. The summed E-state index contributed by atoms with van der Waals surface area (Å²) in [6, 6.07) is 0. The second kappa shape index (κ2) is 4.51. The SMILES string of the molecule is C[C@H](O)[C@H](O)c1cnc2c(n1)N[C@H](N)N[C@@H]2O. The highest BCUT2D eigenvalue weighted by Crippen LogP contribution is 2.24. The van der Waals surface area contributed by atoms with E-state index in [1.165, 1.54) is 13.1 Å². The van der Waals surface area contributed by atoms with Gasteiger partial charge in [-0.3, -0.25) is 16.0 Å². The van der Waals surface area contributed by atoms with Crippen LogP contribution in [0.25, 0.3) is 0 Å². The van der Waals surface area contributed by atoms with Crippen LogP contribution in [0.1, 0.15) is 30.6 Å². The number of anilines is 1. The summed E-state index contributed by atoms with van der Waals surface area (Å²) < 4.78 is 0. The van der Waals surface area contributed by atoms with Gasteiger partial charge in [-0.1, -0.05) is 0 Å². The normalized spacial score (nSPS) is 26.9. The van der Waals surface area contributed by atoms with Crippen molar-refractivity contribution in [3.8, 4) is 0 Å². The Balaban J connectivity index is 2.33. The van der Waals surface area contributed by atoms with Gasteiger partial charge in [0.2, 0.25) is 0 Å². The van der Waals surface area contributed by atoms with Crippen LogP contribution in [0.2, 0.25) is 0 Å². The average Bonchev–Trinajstić information content (AvgIpc) is 2.26. The maximum Gasteiger partial charge on any atom is 0.154 e. The third-order valence-corrected chi connectivity index (χ3v) is 2.47. The van der Waals surface area contributed by atoms with E-state index in [1.807, 2.05) is 0 Å². The Bertz CT molecular complexity index is 414. The van der Waals surface area contributed by atoms with Crippen LogP contribution in [0.4, 0.5) is 5.82 Å². The molecule has 0 radical (unpaired) electrons. The topological polar surface area (TPSA) is 137 Å². The summed E-state index contributed by atoms with van der Waals surface area (Å²) in [5.74, 6) is 0.293. The first-order chi connectivity index (χ1) is 7.99. The van der Waals surface area contributed by atoms with Crippen molar-refractivity contribution < 1.29 is 15.3 Å². The molecule has 0 spiro atoms. The maximum atomic E-state index is 9.64. The van der Waals surface area contributed by atoms with E-state index in [1.54, 1.807) is 0 Å². The number of rotatable bonds is 2.